The number of hydrogen-bond acceptors (Lipinski definition) is 10. The van der Waals surface area contributed by atoms with Crippen LogP contribution in [-0.2, 0) is 24.0 Å². The first-order valence-corrected chi connectivity index (χ1v) is 11.3. The quantitative estimate of drug-likeness (QED) is 0.135. The SMILES string of the molecule is NC(=O)CN(CCN1CCN(CCN(CC(=O)O)CC(=O)O)CCN(CC(=O)O)CC1)CC(N)=O. The summed E-state index contributed by atoms with van der Waals surface area (Å²) in [4.78, 5) is 64.8. The lowest BCUT2D eigenvalue weighted by molar-refractivity contribution is -0.142. The fourth-order valence-electron chi connectivity index (χ4n) is 3.80. The van der Waals surface area contributed by atoms with E-state index in [1.807, 2.05) is 4.90 Å². The minimum Gasteiger partial charge on any atom is -0.480 e. The van der Waals surface area contributed by atoms with Crippen molar-refractivity contribution in [2.24, 2.45) is 11.5 Å². The molecule has 15 nitrogen and oxygen atoms in total. The summed E-state index contributed by atoms with van der Waals surface area (Å²) in [6.07, 6.45) is 0. The van der Waals surface area contributed by atoms with Gasteiger partial charge < -0.3 is 26.8 Å². The standard InChI is InChI=1S/C20H37N7O8/c21-16(28)11-26(12-17(22)29)9-5-23-1-2-24(4-8-25(7-3-23)13-18(30)31)6-10-27(14-19(32)33)15-20(34)35/h1-15H2,(H2,21,28)(H2,22,29)(H,30,31)(H,32,33)(H,34,35). The van der Waals surface area contributed by atoms with Crippen LogP contribution in [0.1, 0.15) is 0 Å². The van der Waals surface area contributed by atoms with Crippen LogP contribution in [0.3, 0.4) is 0 Å². The molecule has 0 unspecified atom stereocenters. The summed E-state index contributed by atoms with van der Waals surface area (Å²) in [7, 11) is 0. The molecule has 0 aromatic heterocycles. The van der Waals surface area contributed by atoms with E-state index in [9.17, 15) is 29.1 Å². The van der Waals surface area contributed by atoms with Gasteiger partial charge in [-0.25, -0.2) is 0 Å². The number of carboxylic acids is 3. The Morgan fingerprint density at radius 1 is 0.571 bits per heavy atom. The number of rotatable bonds is 16. The average molecular weight is 504 g/mol. The second kappa shape index (κ2) is 15.9. The summed E-state index contributed by atoms with van der Waals surface area (Å²) in [6.45, 7) is 3.57. The predicted octanol–water partition coefficient (Wildman–Crippen LogP) is -4.27. The van der Waals surface area contributed by atoms with Crippen LogP contribution < -0.4 is 11.5 Å². The molecule has 35 heavy (non-hydrogen) atoms. The van der Waals surface area contributed by atoms with Crippen molar-refractivity contribution in [2.45, 2.75) is 0 Å². The first-order valence-electron chi connectivity index (χ1n) is 11.3. The smallest absolute Gasteiger partial charge is 0.317 e. The van der Waals surface area contributed by atoms with Gasteiger partial charge in [-0.05, 0) is 0 Å². The minimum absolute atomic E-state index is 0.114. The number of nitrogens with two attached hydrogens (primary N) is 2. The first kappa shape index (κ1) is 30.2. The van der Waals surface area contributed by atoms with E-state index in [1.54, 1.807) is 9.80 Å². The van der Waals surface area contributed by atoms with E-state index in [-0.39, 0.29) is 26.2 Å². The van der Waals surface area contributed by atoms with E-state index in [4.69, 9.17) is 21.7 Å². The first-order chi connectivity index (χ1) is 16.4. The number of amides is 2. The Morgan fingerprint density at radius 3 is 1.23 bits per heavy atom. The highest BCUT2D eigenvalue weighted by Gasteiger charge is 2.21. The maximum atomic E-state index is 11.3. The van der Waals surface area contributed by atoms with Crippen LogP contribution in [0.2, 0.25) is 0 Å². The predicted molar refractivity (Wildman–Crippen MR) is 123 cm³/mol. The van der Waals surface area contributed by atoms with Crippen LogP contribution in [0, 0.1) is 0 Å². The number of nitrogens with zero attached hydrogens (tertiary/aromatic N) is 5. The van der Waals surface area contributed by atoms with Gasteiger partial charge in [-0.2, -0.15) is 0 Å². The molecule has 0 aromatic carbocycles. The third-order valence-electron chi connectivity index (χ3n) is 5.50. The molecule has 0 radical (unpaired) electrons. The maximum absolute atomic E-state index is 11.3. The van der Waals surface area contributed by atoms with Gasteiger partial charge >= 0.3 is 17.9 Å². The zero-order valence-electron chi connectivity index (χ0n) is 19.9. The molecule has 0 aromatic rings. The van der Waals surface area contributed by atoms with Gasteiger partial charge in [0.2, 0.25) is 11.8 Å². The van der Waals surface area contributed by atoms with Crippen molar-refractivity contribution in [1.29, 1.82) is 0 Å². The molecule has 1 heterocycles. The largest absolute Gasteiger partial charge is 0.480 e. The molecular formula is C20H37N7O8. The number of primary amides is 2. The molecular weight excluding hydrogens is 466 g/mol. The van der Waals surface area contributed by atoms with Crippen molar-refractivity contribution in [3.8, 4) is 0 Å². The van der Waals surface area contributed by atoms with Crippen molar-refractivity contribution in [2.75, 3.05) is 98.2 Å². The van der Waals surface area contributed by atoms with Gasteiger partial charge in [-0.15, -0.1) is 0 Å². The highest BCUT2D eigenvalue weighted by molar-refractivity contribution is 5.79. The van der Waals surface area contributed by atoms with E-state index in [2.05, 4.69) is 4.90 Å². The fraction of sp³-hybridized carbons (Fsp3) is 0.750. The van der Waals surface area contributed by atoms with Gasteiger partial charge in [0.25, 0.3) is 0 Å². The molecule has 7 N–H and O–H groups in total. The van der Waals surface area contributed by atoms with E-state index in [0.717, 1.165) is 0 Å². The molecule has 0 saturated carbocycles. The molecule has 0 spiro atoms. The van der Waals surface area contributed by atoms with Gasteiger partial charge in [0, 0.05) is 65.4 Å². The van der Waals surface area contributed by atoms with Gasteiger partial charge in [-0.3, -0.25) is 48.5 Å². The lowest BCUT2D eigenvalue weighted by Crippen LogP contribution is -2.46. The van der Waals surface area contributed by atoms with Crippen molar-refractivity contribution in [3.05, 3.63) is 0 Å². The highest BCUT2D eigenvalue weighted by Crippen LogP contribution is 2.03. The molecule has 0 aliphatic carbocycles. The third kappa shape index (κ3) is 14.9. The van der Waals surface area contributed by atoms with Crippen LogP contribution in [-0.4, -0.2) is 168 Å². The lowest BCUT2D eigenvalue weighted by Gasteiger charge is -2.29. The number of hydrogen-bond donors (Lipinski definition) is 5. The molecule has 1 aliphatic rings. The van der Waals surface area contributed by atoms with Crippen molar-refractivity contribution < 1.29 is 39.3 Å². The zero-order chi connectivity index (χ0) is 26.4. The highest BCUT2D eigenvalue weighted by atomic mass is 16.4. The van der Waals surface area contributed by atoms with Crippen molar-refractivity contribution >= 4 is 29.7 Å². The molecule has 0 bridgehead atoms. The fourth-order valence-corrected chi connectivity index (χ4v) is 3.80. The molecule has 200 valence electrons. The Morgan fingerprint density at radius 2 is 0.914 bits per heavy atom. The van der Waals surface area contributed by atoms with Crippen LogP contribution in [0.15, 0.2) is 0 Å². The number of aliphatic carboxylic acids is 3. The second-order valence-electron chi connectivity index (χ2n) is 8.49. The number of carbonyl (C=O) groups is 5. The lowest BCUT2D eigenvalue weighted by atomic mass is 10.3. The summed E-state index contributed by atoms with van der Waals surface area (Å²) < 4.78 is 0. The topological polar surface area (TPSA) is 214 Å². The summed E-state index contributed by atoms with van der Waals surface area (Å²) in [6, 6.07) is 0. The van der Waals surface area contributed by atoms with Crippen LogP contribution >= 0.6 is 0 Å². The van der Waals surface area contributed by atoms with Gasteiger partial charge in [0.05, 0.1) is 32.7 Å². The Bertz CT molecular complexity index is 654. The summed E-state index contributed by atoms with van der Waals surface area (Å²) >= 11 is 0. The van der Waals surface area contributed by atoms with Gasteiger partial charge in [-0.1, -0.05) is 0 Å². The molecule has 1 saturated heterocycles. The second-order valence-corrected chi connectivity index (χ2v) is 8.49. The summed E-state index contributed by atoms with van der Waals surface area (Å²) in [5.74, 6) is -4.36. The third-order valence-corrected chi connectivity index (χ3v) is 5.50. The number of carboxylic acid groups (broad SMARTS) is 3. The summed E-state index contributed by atoms with van der Waals surface area (Å²) in [5.41, 5.74) is 10.5. The van der Waals surface area contributed by atoms with E-state index in [0.29, 0.717) is 58.9 Å². The van der Waals surface area contributed by atoms with E-state index < -0.39 is 42.8 Å². The normalized spacial score (nSPS) is 16.5. The van der Waals surface area contributed by atoms with Crippen LogP contribution in [0.5, 0.6) is 0 Å². The Balaban J connectivity index is 2.82. The van der Waals surface area contributed by atoms with E-state index >= 15 is 0 Å². The Labute approximate surface area is 203 Å². The number of carbonyl (C=O) groups excluding carboxylic acids is 2. The Kier molecular flexibility index (Phi) is 13.7. The van der Waals surface area contributed by atoms with Gasteiger partial charge in [0.1, 0.15) is 0 Å². The zero-order valence-corrected chi connectivity index (χ0v) is 19.9. The van der Waals surface area contributed by atoms with Crippen molar-refractivity contribution in [3.63, 3.8) is 0 Å². The van der Waals surface area contributed by atoms with Gasteiger partial charge in [0.15, 0.2) is 0 Å². The molecule has 1 aliphatic heterocycles. The van der Waals surface area contributed by atoms with Crippen LogP contribution in [0.4, 0.5) is 0 Å². The van der Waals surface area contributed by atoms with Crippen LogP contribution in [0.25, 0.3) is 0 Å². The molecule has 0 atom stereocenters. The maximum Gasteiger partial charge on any atom is 0.317 e. The molecule has 2 amide bonds. The molecule has 1 rings (SSSR count). The molecule has 1 fully saturated rings. The van der Waals surface area contributed by atoms with Crippen molar-refractivity contribution in [1.82, 2.24) is 24.5 Å². The summed E-state index contributed by atoms with van der Waals surface area (Å²) in [5, 5.41) is 27.3. The van der Waals surface area contributed by atoms with E-state index in [1.165, 1.54) is 4.90 Å². The monoisotopic (exact) mass is 503 g/mol. The average Bonchev–Trinajstić information content (AvgIpc) is 2.79. The minimum atomic E-state index is -1.12. The Hall–Kier alpha value is -2.85. The molecule has 15 heteroatoms.